The van der Waals surface area contributed by atoms with Crippen LogP contribution in [0.4, 0.5) is 0 Å². The summed E-state index contributed by atoms with van der Waals surface area (Å²) in [5.41, 5.74) is 0. The quantitative estimate of drug-likeness (QED) is 0.0911. The number of ether oxygens (including phenoxy) is 2. The van der Waals surface area contributed by atoms with Gasteiger partial charge >= 0.3 is 0 Å². The molecule has 0 aromatic heterocycles. The number of nitrogens with one attached hydrogen (secondary N) is 1. The van der Waals surface area contributed by atoms with E-state index < -0.39 is 0 Å². The van der Waals surface area contributed by atoms with E-state index in [1.54, 1.807) is 0 Å². The summed E-state index contributed by atoms with van der Waals surface area (Å²) in [4.78, 5) is 0. The van der Waals surface area contributed by atoms with Gasteiger partial charge in [0.05, 0.1) is 12.7 Å². The average Bonchev–Trinajstić information content (AvgIpc) is 2.89. The largest absolute Gasteiger partial charge is 0.379 e. The van der Waals surface area contributed by atoms with Gasteiger partial charge in [0.1, 0.15) is 0 Å². The van der Waals surface area contributed by atoms with Crippen molar-refractivity contribution >= 4 is 0 Å². The molecule has 3 nitrogen and oxygen atoms in total. The van der Waals surface area contributed by atoms with Gasteiger partial charge in [-0.3, -0.25) is 0 Å². The van der Waals surface area contributed by atoms with Crippen molar-refractivity contribution in [3.63, 3.8) is 0 Å². The van der Waals surface area contributed by atoms with Gasteiger partial charge in [0.2, 0.25) is 0 Å². The van der Waals surface area contributed by atoms with Crippen LogP contribution in [0.15, 0.2) is 0 Å². The second kappa shape index (κ2) is 32.9. The number of hydrogen-bond acceptors (Lipinski definition) is 3. The van der Waals surface area contributed by atoms with Gasteiger partial charge in [0.25, 0.3) is 0 Å². The predicted octanol–water partition coefficient (Wildman–Crippen LogP) is 10.4. The summed E-state index contributed by atoms with van der Waals surface area (Å²) in [6, 6.07) is 0. The van der Waals surface area contributed by atoms with Gasteiger partial charge < -0.3 is 14.8 Å². The van der Waals surface area contributed by atoms with Gasteiger partial charge in [-0.2, -0.15) is 0 Å². The van der Waals surface area contributed by atoms with Crippen LogP contribution in [0.3, 0.4) is 0 Å². The summed E-state index contributed by atoms with van der Waals surface area (Å²) in [5, 5.41) is 3.62. The molecule has 0 aromatic carbocycles. The van der Waals surface area contributed by atoms with Crippen LogP contribution in [0.25, 0.3) is 0 Å². The first kappa shape index (κ1) is 35.9. The Morgan fingerprint density at radius 2 is 0.833 bits per heavy atom. The first-order valence-electron chi connectivity index (χ1n) is 16.7. The van der Waals surface area contributed by atoms with Crippen LogP contribution in [-0.2, 0) is 9.47 Å². The molecule has 1 atom stereocenters. The summed E-state index contributed by atoms with van der Waals surface area (Å²) in [6.45, 7) is 11.4. The maximum Gasteiger partial charge on any atom is 0.0932 e. The second-order valence-corrected chi connectivity index (χ2v) is 11.2. The third kappa shape index (κ3) is 30.1. The summed E-state index contributed by atoms with van der Waals surface area (Å²) in [5.74, 6) is 0. The molecule has 0 aliphatic heterocycles. The Kier molecular flexibility index (Phi) is 32.8. The Balaban J connectivity index is 3.77. The second-order valence-electron chi connectivity index (χ2n) is 11.2. The number of rotatable bonds is 32. The lowest BCUT2D eigenvalue weighted by molar-refractivity contribution is -0.0175. The first-order valence-corrected chi connectivity index (χ1v) is 16.7. The van der Waals surface area contributed by atoms with Crippen LogP contribution in [0.5, 0.6) is 0 Å². The molecule has 0 radical (unpaired) electrons. The monoisotopic (exact) mass is 512 g/mol. The number of hydrogen-bond donors (Lipinski definition) is 1. The van der Waals surface area contributed by atoms with Crippen LogP contribution in [-0.4, -0.2) is 39.0 Å². The Labute approximate surface area is 228 Å². The molecular weight excluding hydrogens is 442 g/mol. The molecule has 218 valence electrons. The van der Waals surface area contributed by atoms with Crippen molar-refractivity contribution in [2.45, 2.75) is 181 Å². The highest BCUT2D eigenvalue weighted by molar-refractivity contribution is 4.62. The van der Waals surface area contributed by atoms with E-state index in [1.807, 2.05) is 0 Å². The lowest BCUT2D eigenvalue weighted by Crippen LogP contribution is -2.34. The summed E-state index contributed by atoms with van der Waals surface area (Å²) < 4.78 is 12.3. The van der Waals surface area contributed by atoms with Crippen LogP contribution in [0, 0.1) is 0 Å². The molecule has 0 spiro atoms. The van der Waals surface area contributed by atoms with Crippen LogP contribution < -0.4 is 5.32 Å². The van der Waals surface area contributed by atoms with Crippen molar-refractivity contribution in [1.29, 1.82) is 0 Å². The van der Waals surface area contributed by atoms with Crippen molar-refractivity contribution in [2.24, 2.45) is 0 Å². The maximum absolute atomic E-state index is 6.25. The molecule has 0 fully saturated rings. The molecule has 0 aromatic rings. The standard InChI is InChI=1S/C33H69NO2/c1-4-7-10-13-15-17-19-21-23-26-29-35-32-33(31-34-28-25-12-9-6-3)36-30-27-24-22-20-18-16-14-11-8-5-2/h33-34H,4-32H2,1-3H3. The van der Waals surface area contributed by atoms with Crippen molar-refractivity contribution in [1.82, 2.24) is 5.32 Å². The summed E-state index contributed by atoms with van der Waals surface area (Å²) in [6.07, 6.45) is 33.0. The molecule has 0 bridgehead atoms. The highest BCUT2D eigenvalue weighted by Crippen LogP contribution is 2.12. The fraction of sp³-hybridized carbons (Fsp3) is 1.00. The van der Waals surface area contributed by atoms with Crippen LogP contribution in [0.2, 0.25) is 0 Å². The zero-order chi connectivity index (χ0) is 26.2. The van der Waals surface area contributed by atoms with Crippen LogP contribution in [0.1, 0.15) is 175 Å². The molecule has 0 amide bonds. The highest BCUT2D eigenvalue weighted by atomic mass is 16.5. The third-order valence-corrected chi connectivity index (χ3v) is 7.38. The van der Waals surface area contributed by atoms with Crippen molar-refractivity contribution in [3.05, 3.63) is 0 Å². The Morgan fingerprint density at radius 1 is 0.444 bits per heavy atom. The minimum absolute atomic E-state index is 0.206. The lowest BCUT2D eigenvalue weighted by atomic mass is 10.1. The maximum atomic E-state index is 6.25. The molecular formula is C33H69NO2. The fourth-order valence-electron chi connectivity index (χ4n) is 4.85. The smallest absolute Gasteiger partial charge is 0.0932 e. The normalized spacial score (nSPS) is 12.4. The fourth-order valence-corrected chi connectivity index (χ4v) is 4.85. The van der Waals surface area contributed by atoms with Crippen molar-refractivity contribution in [2.75, 3.05) is 32.9 Å². The van der Waals surface area contributed by atoms with Crippen molar-refractivity contribution < 1.29 is 9.47 Å². The van der Waals surface area contributed by atoms with Crippen LogP contribution >= 0.6 is 0 Å². The number of unbranched alkanes of at least 4 members (excludes halogenated alkanes) is 21. The van der Waals surface area contributed by atoms with E-state index in [4.69, 9.17) is 9.47 Å². The Hall–Kier alpha value is -0.120. The van der Waals surface area contributed by atoms with Gasteiger partial charge in [0.15, 0.2) is 0 Å². The molecule has 0 rings (SSSR count). The molecule has 0 saturated carbocycles. The van der Waals surface area contributed by atoms with E-state index >= 15 is 0 Å². The van der Waals surface area contributed by atoms with Gasteiger partial charge in [0, 0.05) is 19.8 Å². The van der Waals surface area contributed by atoms with E-state index in [9.17, 15) is 0 Å². The van der Waals surface area contributed by atoms with Gasteiger partial charge in [-0.05, 0) is 25.8 Å². The molecule has 0 heterocycles. The first-order chi connectivity index (χ1) is 17.8. The SMILES string of the molecule is CCCCCCCCCCCCOCC(CNCCCCCC)OCCCCCCCCCCCC. The Morgan fingerprint density at radius 3 is 1.31 bits per heavy atom. The van der Waals surface area contributed by atoms with Gasteiger partial charge in [-0.1, -0.05) is 156 Å². The summed E-state index contributed by atoms with van der Waals surface area (Å²) in [7, 11) is 0. The molecule has 0 saturated heterocycles. The summed E-state index contributed by atoms with van der Waals surface area (Å²) >= 11 is 0. The van der Waals surface area contributed by atoms with E-state index in [1.165, 1.54) is 154 Å². The van der Waals surface area contributed by atoms with Crippen molar-refractivity contribution in [3.8, 4) is 0 Å². The van der Waals surface area contributed by atoms with E-state index in [0.29, 0.717) is 0 Å². The topological polar surface area (TPSA) is 30.5 Å². The van der Waals surface area contributed by atoms with Gasteiger partial charge in [-0.15, -0.1) is 0 Å². The zero-order valence-corrected chi connectivity index (χ0v) is 25.4. The average molecular weight is 512 g/mol. The minimum atomic E-state index is 0.206. The molecule has 36 heavy (non-hydrogen) atoms. The lowest BCUT2D eigenvalue weighted by Gasteiger charge is -2.19. The van der Waals surface area contributed by atoms with E-state index in [2.05, 4.69) is 26.1 Å². The minimum Gasteiger partial charge on any atom is -0.379 e. The van der Waals surface area contributed by atoms with Gasteiger partial charge in [-0.25, -0.2) is 0 Å². The molecule has 0 aliphatic rings. The third-order valence-electron chi connectivity index (χ3n) is 7.38. The Bertz CT molecular complexity index is 377. The van der Waals surface area contributed by atoms with E-state index in [0.717, 1.165) is 32.9 Å². The predicted molar refractivity (Wildman–Crippen MR) is 161 cm³/mol. The molecule has 0 aliphatic carbocycles. The molecule has 3 heteroatoms. The zero-order valence-electron chi connectivity index (χ0n) is 25.4. The van der Waals surface area contributed by atoms with E-state index in [-0.39, 0.29) is 6.10 Å². The molecule has 1 N–H and O–H groups in total. The highest BCUT2D eigenvalue weighted by Gasteiger charge is 2.09. The molecule has 1 unspecified atom stereocenters.